The second-order valence-corrected chi connectivity index (χ2v) is 12.5. The van der Waals surface area contributed by atoms with Crippen molar-refractivity contribution in [2.24, 2.45) is 0 Å². The maximum absolute atomic E-state index is 10.1. The van der Waals surface area contributed by atoms with E-state index in [9.17, 15) is 9.46 Å². The number of phosphoric ester groups is 1. The average Bonchev–Trinajstić information content (AvgIpc) is 2.81. The van der Waals surface area contributed by atoms with Crippen molar-refractivity contribution >= 4 is 25.2 Å². The van der Waals surface area contributed by atoms with Gasteiger partial charge in [0.2, 0.25) is 0 Å². The van der Waals surface area contributed by atoms with Crippen molar-refractivity contribution in [1.29, 1.82) is 0 Å². The minimum atomic E-state index is -4.51. The summed E-state index contributed by atoms with van der Waals surface area (Å²) in [5.41, 5.74) is 0. The molecule has 0 aromatic carbocycles. The van der Waals surface area contributed by atoms with Gasteiger partial charge in [0.25, 0.3) is 7.82 Å². The van der Waals surface area contributed by atoms with Crippen molar-refractivity contribution in [3.8, 4) is 0 Å². The SMILES string of the molecule is CCCCCCCCCCCCCCCCCCN(CCO)C(=S)NC.C[N+](C)(C)CCOP(=O)([O-])O. The van der Waals surface area contributed by atoms with Gasteiger partial charge in [0.15, 0.2) is 5.11 Å². The minimum absolute atomic E-state index is 0.0147. The Morgan fingerprint density at radius 2 is 1.27 bits per heavy atom. The van der Waals surface area contributed by atoms with E-state index in [1.165, 1.54) is 103 Å². The van der Waals surface area contributed by atoms with Crippen LogP contribution in [0.5, 0.6) is 0 Å². The summed E-state index contributed by atoms with van der Waals surface area (Å²) in [4.78, 5) is 20.3. The zero-order chi connectivity index (χ0) is 28.4. The molecule has 0 amide bonds. The van der Waals surface area contributed by atoms with Gasteiger partial charge in [-0.25, -0.2) is 0 Å². The summed E-state index contributed by atoms with van der Waals surface area (Å²) in [6.45, 7) is 4.60. The van der Waals surface area contributed by atoms with Crippen LogP contribution in [0.15, 0.2) is 0 Å². The Balaban J connectivity index is 0. The van der Waals surface area contributed by atoms with Crippen LogP contribution in [0.25, 0.3) is 0 Å². The van der Waals surface area contributed by atoms with Crippen molar-refractivity contribution in [1.82, 2.24) is 10.2 Å². The largest absolute Gasteiger partial charge is 0.756 e. The first-order valence-corrected chi connectivity index (χ1v) is 16.4. The highest BCUT2D eigenvalue weighted by Gasteiger charge is 2.09. The van der Waals surface area contributed by atoms with Gasteiger partial charge in [-0.05, 0) is 18.6 Å². The Kier molecular flexibility index (Phi) is 27.3. The second-order valence-electron chi connectivity index (χ2n) is 10.9. The van der Waals surface area contributed by atoms with E-state index >= 15 is 0 Å². The highest BCUT2D eigenvalue weighted by atomic mass is 32.1. The molecule has 10 heteroatoms. The van der Waals surface area contributed by atoms with Crippen LogP contribution in [0.2, 0.25) is 0 Å². The number of rotatable bonds is 23. The molecule has 0 aliphatic heterocycles. The third kappa shape index (κ3) is 33.7. The molecule has 37 heavy (non-hydrogen) atoms. The molecule has 1 unspecified atom stereocenters. The van der Waals surface area contributed by atoms with Gasteiger partial charge in [-0.15, -0.1) is 0 Å². The molecule has 0 aromatic heterocycles. The van der Waals surface area contributed by atoms with E-state index in [4.69, 9.17) is 22.2 Å². The minimum Gasteiger partial charge on any atom is -0.756 e. The van der Waals surface area contributed by atoms with Crippen LogP contribution < -0.4 is 10.2 Å². The predicted molar refractivity (Wildman–Crippen MR) is 159 cm³/mol. The van der Waals surface area contributed by atoms with E-state index in [0.717, 1.165) is 11.7 Å². The predicted octanol–water partition coefficient (Wildman–Crippen LogP) is 5.22. The van der Waals surface area contributed by atoms with E-state index in [2.05, 4.69) is 21.7 Å². The monoisotopic (exact) mass is 569 g/mol. The van der Waals surface area contributed by atoms with E-state index in [1.807, 2.05) is 28.2 Å². The lowest BCUT2D eigenvalue weighted by Crippen LogP contribution is -2.40. The van der Waals surface area contributed by atoms with Gasteiger partial charge in [-0.1, -0.05) is 103 Å². The van der Waals surface area contributed by atoms with Gasteiger partial charge in [0.1, 0.15) is 13.2 Å². The Morgan fingerprint density at radius 1 is 0.865 bits per heavy atom. The Bertz CT molecular complexity index is 559. The molecule has 1 atom stereocenters. The number of unbranched alkanes of at least 4 members (excludes halogenated alkanes) is 15. The van der Waals surface area contributed by atoms with Crippen molar-refractivity contribution < 1.29 is 28.5 Å². The molecule has 0 aromatic rings. The lowest BCUT2D eigenvalue weighted by molar-refractivity contribution is -0.870. The van der Waals surface area contributed by atoms with Crippen LogP contribution in [-0.2, 0) is 9.09 Å². The number of quaternary nitrogens is 1. The summed E-state index contributed by atoms with van der Waals surface area (Å²) >= 11 is 5.26. The summed E-state index contributed by atoms with van der Waals surface area (Å²) in [5, 5.41) is 12.8. The lowest BCUT2D eigenvalue weighted by Gasteiger charge is -2.25. The molecule has 0 saturated carbocycles. The van der Waals surface area contributed by atoms with E-state index in [-0.39, 0.29) is 13.2 Å². The summed E-state index contributed by atoms with van der Waals surface area (Å²) in [5.74, 6) is 0. The molecule has 0 aliphatic rings. The topological polar surface area (TPSA) is 105 Å². The van der Waals surface area contributed by atoms with Gasteiger partial charge < -0.3 is 34.1 Å². The maximum Gasteiger partial charge on any atom is 0.265 e. The number of thiocarbonyl (C=S) groups is 1. The zero-order valence-electron chi connectivity index (χ0n) is 24.7. The third-order valence-electron chi connectivity index (χ3n) is 6.17. The molecule has 0 saturated heterocycles. The third-order valence-corrected chi connectivity index (χ3v) is 7.14. The summed E-state index contributed by atoms with van der Waals surface area (Å²) in [6.07, 6.45) is 22.3. The first-order chi connectivity index (χ1) is 17.5. The van der Waals surface area contributed by atoms with Crippen LogP contribution in [0, 0.1) is 0 Å². The Labute approximate surface area is 234 Å². The summed E-state index contributed by atoms with van der Waals surface area (Å²) in [6, 6.07) is 0. The normalized spacial score (nSPS) is 13.0. The van der Waals surface area contributed by atoms with Crippen LogP contribution in [0.3, 0.4) is 0 Å². The Hall–Kier alpha value is -0.280. The van der Waals surface area contributed by atoms with Crippen LogP contribution >= 0.6 is 20.0 Å². The molecule has 0 rings (SSSR count). The van der Waals surface area contributed by atoms with Crippen LogP contribution in [-0.4, -0.2) is 85.5 Å². The number of aliphatic hydroxyl groups is 1. The highest BCUT2D eigenvalue weighted by Crippen LogP contribution is 2.29. The number of hydrogen-bond acceptors (Lipinski definition) is 5. The first kappa shape index (κ1) is 38.9. The van der Waals surface area contributed by atoms with Crippen molar-refractivity contribution in [2.75, 3.05) is 61.0 Å². The van der Waals surface area contributed by atoms with E-state index < -0.39 is 7.82 Å². The number of nitrogens with zero attached hydrogens (tertiary/aromatic N) is 2. The van der Waals surface area contributed by atoms with Gasteiger partial charge in [-0.2, -0.15) is 0 Å². The van der Waals surface area contributed by atoms with Gasteiger partial charge in [-0.3, -0.25) is 4.57 Å². The summed E-state index contributed by atoms with van der Waals surface area (Å²) < 4.78 is 14.8. The molecule has 0 spiro atoms. The maximum atomic E-state index is 10.1. The molecule has 0 radical (unpaired) electrons. The first-order valence-electron chi connectivity index (χ1n) is 14.5. The van der Waals surface area contributed by atoms with Gasteiger partial charge >= 0.3 is 0 Å². The number of likely N-dealkylation sites (N-methyl/N-ethyl adjacent to an activating group) is 1. The number of hydrogen-bond donors (Lipinski definition) is 3. The molecule has 0 heterocycles. The van der Waals surface area contributed by atoms with E-state index in [1.54, 1.807) is 0 Å². The average molecular weight is 570 g/mol. The standard InChI is InChI=1S/C22H46N2OS.C5H14NO4P/c1-3-4-5-6-7-8-9-10-11-12-13-14-15-16-17-18-19-24(20-21-25)22(26)23-2;1-6(2,3)4-5-10-11(7,8)9/h25H,3-21H2,1-2H3,(H,23,26);4-5H2,1-3H3,(H-,7,8,9). The zero-order valence-corrected chi connectivity index (χ0v) is 26.4. The van der Waals surface area contributed by atoms with E-state index in [0.29, 0.717) is 17.6 Å². The fraction of sp³-hybridized carbons (Fsp3) is 0.963. The van der Waals surface area contributed by atoms with Crippen molar-refractivity contribution in [2.45, 2.75) is 110 Å². The molecule has 3 N–H and O–H groups in total. The smallest absolute Gasteiger partial charge is 0.265 e. The fourth-order valence-corrected chi connectivity index (χ4v) is 4.37. The number of nitrogens with one attached hydrogen (secondary N) is 1. The molecule has 224 valence electrons. The number of phosphoric acid groups is 1. The molecule has 0 fully saturated rings. The molecular weight excluding hydrogens is 509 g/mol. The fourth-order valence-electron chi connectivity index (χ4n) is 3.87. The van der Waals surface area contributed by atoms with Gasteiger partial charge in [0, 0.05) is 20.1 Å². The van der Waals surface area contributed by atoms with Crippen molar-refractivity contribution in [3.05, 3.63) is 0 Å². The Morgan fingerprint density at radius 3 is 1.59 bits per heavy atom. The van der Waals surface area contributed by atoms with Gasteiger partial charge in [0.05, 0.1) is 27.7 Å². The highest BCUT2D eigenvalue weighted by molar-refractivity contribution is 7.80. The second kappa shape index (κ2) is 26.0. The summed E-state index contributed by atoms with van der Waals surface area (Å²) in [7, 11) is 3.03. The molecular formula is C27H60N3O5PS. The van der Waals surface area contributed by atoms with Crippen molar-refractivity contribution in [3.63, 3.8) is 0 Å². The van der Waals surface area contributed by atoms with Crippen LogP contribution in [0.4, 0.5) is 0 Å². The molecule has 8 nitrogen and oxygen atoms in total. The lowest BCUT2D eigenvalue weighted by atomic mass is 10.0. The van der Waals surface area contributed by atoms with Crippen LogP contribution in [0.1, 0.15) is 110 Å². The quantitative estimate of drug-likeness (QED) is 0.0666. The number of aliphatic hydroxyl groups excluding tert-OH is 1. The molecule has 0 aliphatic carbocycles. The molecule has 0 bridgehead atoms.